The topological polar surface area (TPSA) is 57.1 Å². The van der Waals surface area contributed by atoms with Crippen LogP contribution in [0.3, 0.4) is 0 Å². The predicted molar refractivity (Wildman–Crippen MR) is 57.9 cm³/mol. The SMILES string of the molecule is COc1c(Cl)ncnc1Oc1cccnc1. The van der Waals surface area contributed by atoms with E-state index in [0.29, 0.717) is 11.5 Å². The molecule has 16 heavy (non-hydrogen) atoms. The minimum absolute atomic E-state index is 0.205. The molecule has 0 spiro atoms. The molecular weight excluding hydrogens is 230 g/mol. The van der Waals surface area contributed by atoms with Crippen molar-refractivity contribution in [2.24, 2.45) is 0 Å². The zero-order valence-electron chi connectivity index (χ0n) is 8.42. The molecule has 0 amide bonds. The second-order valence-electron chi connectivity index (χ2n) is 2.79. The number of ether oxygens (including phenoxy) is 2. The number of rotatable bonds is 3. The third kappa shape index (κ3) is 2.20. The van der Waals surface area contributed by atoms with Gasteiger partial charge in [0.05, 0.1) is 13.3 Å². The fourth-order valence-corrected chi connectivity index (χ4v) is 1.30. The number of hydrogen-bond acceptors (Lipinski definition) is 5. The second kappa shape index (κ2) is 4.76. The number of aromatic nitrogens is 3. The van der Waals surface area contributed by atoms with E-state index in [2.05, 4.69) is 15.0 Å². The van der Waals surface area contributed by atoms with Crippen molar-refractivity contribution in [2.45, 2.75) is 0 Å². The van der Waals surface area contributed by atoms with Crippen LogP contribution in [0.25, 0.3) is 0 Å². The molecule has 0 atom stereocenters. The molecule has 0 saturated heterocycles. The van der Waals surface area contributed by atoms with Crippen LogP contribution in [0.4, 0.5) is 0 Å². The number of halogens is 1. The normalized spacial score (nSPS) is 9.88. The molecule has 0 aliphatic heterocycles. The molecule has 2 aromatic heterocycles. The Labute approximate surface area is 97.0 Å². The second-order valence-corrected chi connectivity index (χ2v) is 3.15. The van der Waals surface area contributed by atoms with Crippen LogP contribution in [0.2, 0.25) is 5.15 Å². The van der Waals surface area contributed by atoms with Gasteiger partial charge in [-0.1, -0.05) is 11.6 Å². The van der Waals surface area contributed by atoms with Crippen LogP contribution >= 0.6 is 11.6 Å². The van der Waals surface area contributed by atoms with Gasteiger partial charge in [0.1, 0.15) is 12.1 Å². The van der Waals surface area contributed by atoms with E-state index in [1.54, 1.807) is 24.5 Å². The molecule has 0 aromatic carbocycles. The van der Waals surface area contributed by atoms with E-state index in [9.17, 15) is 0 Å². The average Bonchev–Trinajstić information content (AvgIpc) is 2.31. The zero-order valence-corrected chi connectivity index (χ0v) is 9.18. The molecule has 0 saturated carbocycles. The van der Waals surface area contributed by atoms with Gasteiger partial charge in [-0.3, -0.25) is 4.98 Å². The number of hydrogen-bond donors (Lipinski definition) is 0. The van der Waals surface area contributed by atoms with Crippen molar-refractivity contribution >= 4 is 11.6 Å². The van der Waals surface area contributed by atoms with Crippen molar-refractivity contribution in [1.29, 1.82) is 0 Å². The Bertz CT molecular complexity index is 479. The molecule has 0 unspecified atom stereocenters. The molecule has 0 fully saturated rings. The van der Waals surface area contributed by atoms with Crippen LogP contribution in [0, 0.1) is 0 Å². The molecule has 2 aromatic rings. The lowest BCUT2D eigenvalue weighted by atomic mass is 10.4. The number of methoxy groups -OCH3 is 1. The maximum atomic E-state index is 5.82. The highest BCUT2D eigenvalue weighted by Crippen LogP contribution is 2.33. The summed E-state index contributed by atoms with van der Waals surface area (Å²) in [4.78, 5) is 11.6. The van der Waals surface area contributed by atoms with E-state index in [1.807, 2.05) is 0 Å². The summed E-state index contributed by atoms with van der Waals surface area (Å²) in [6.07, 6.45) is 4.52. The molecule has 6 heteroatoms. The van der Waals surface area contributed by atoms with Crippen LogP contribution in [0.15, 0.2) is 30.9 Å². The first kappa shape index (κ1) is 10.6. The van der Waals surface area contributed by atoms with Crippen LogP contribution < -0.4 is 9.47 Å². The standard InChI is InChI=1S/C10H8ClN3O2/c1-15-8-9(11)13-6-14-10(8)16-7-3-2-4-12-5-7/h2-6H,1H3. The summed E-state index contributed by atoms with van der Waals surface area (Å²) in [6.45, 7) is 0. The predicted octanol–water partition coefficient (Wildman–Crippen LogP) is 2.33. The van der Waals surface area contributed by atoms with Crippen molar-refractivity contribution in [2.75, 3.05) is 7.11 Å². The average molecular weight is 238 g/mol. The van der Waals surface area contributed by atoms with Crippen molar-refractivity contribution in [3.63, 3.8) is 0 Å². The monoisotopic (exact) mass is 237 g/mol. The van der Waals surface area contributed by atoms with Crippen LogP contribution in [-0.2, 0) is 0 Å². The molecule has 2 rings (SSSR count). The molecule has 0 aliphatic rings. The van der Waals surface area contributed by atoms with E-state index in [4.69, 9.17) is 21.1 Å². The Balaban J connectivity index is 2.31. The molecule has 82 valence electrons. The lowest BCUT2D eigenvalue weighted by molar-refractivity contribution is 0.367. The van der Waals surface area contributed by atoms with E-state index in [-0.39, 0.29) is 11.0 Å². The lowest BCUT2D eigenvalue weighted by Gasteiger charge is -2.08. The first-order valence-electron chi connectivity index (χ1n) is 4.43. The minimum Gasteiger partial charge on any atom is -0.489 e. The highest BCUT2D eigenvalue weighted by molar-refractivity contribution is 6.31. The Kier molecular flexibility index (Phi) is 3.16. The molecule has 0 N–H and O–H groups in total. The van der Waals surface area contributed by atoms with Gasteiger partial charge in [0.15, 0.2) is 5.15 Å². The Morgan fingerprint density at radius 3 is 2.88 bits per heavy atom. The third-order valence-corrected chi connectivity index (χ3v) is 2.05. The van der Waals surface area contributed by atoms with Gasteiger partial charge < -0.3 is 9.47 Å². The molecule has 0 bridgehead atoms. The largest absolute Gasteiger partial charge is 0.489 e. The Morgan fingerprint density at radius 2 is 2.19 bits per heavy atom. The number of pyridine rings is 1. The zero-order chi connectivity index (χ0) is 11.4. The van der Waals surface area contributed by atoms with Gasteiger partial charge in [0.2, 0.25) is 5.75 Å². The van der Waals surface area contributed by atoms with Crippen molar-refractivity contribution in [3.8, 4) is 17.4 Å². The van der Waals surface area contributed by atoms with Gasteiger partial charge in [0, 0.05) is 6.20 Å². The van der Waals surface area contributed by atoms with Crippen molar-refractivity contribution < 1.29 is 9.47 Å². The third-order valence-electron chi connectivity index (χ3n) is 1.78. The molecule has 0 radical (unpaired) electrons. The summed E-state index contributed by atoms with van der Waals surface area (Å²) in [5.41, 5.74) is 0. The van der Waals surface area contributed by atoms with E-state index in [1.165, 1.54) is 13.4 Å². The van der Waals surface area contributed by atoms with Crippen LogP contribution in [0.1, 0.15) is 0 Å². The first-order valence-corrected chi connectivity index (χ1v) is 4.81. The summed E-state index contributed by atoms with van der Waals surface area (Å²) in [7, 11) is 1.47. The maximum absolute atomic E-state index is 5.82. The highest BCUT2D eigenvalue weighted by Gasteiger charge is 2.12. The summed E-state index contributed by atoms with van der Waals surface area (Å²) in [5.74, 6) is 1.11. The Hall–Kier alpha value is -1.88. The van der Waals surface area contributed by atoms with E-state index < -0.39 is 0 Å². The van der Waals surface area contributed by atoms with Crippen LogP contribution in [0.5, 0.6) is 17.4 Å². The highest BCUT2D eigenvalue weighted by atomic mass is 35.5. The summed E-state index contributed by atoms with van der Waals surface area (Å²) < 4.78 is 10.5. The fraction of sp³-hybridized carbons (Fsp3) is 0.100. The lowest BCUT2D eigenvalue weighted by Crippen LogP contribution is -1.95. The molecular formula is C10H8ClN3O2. The Morgan fingerprint density at radius 1 is 1.31 bits per heavy atom. The van der Waals surface area contributed by atoms with Gasteiger partial charge in [-0.2, -0.15) is 4.98 Å². The quantitative estimate of drug-likeness (QED) is 0.767. The summed E-state index contributed by atoms with van der Waals surface area (Å²) in [6, 6.07) is 3.51. The van der Waals surface area contributed by atoms with Crippen molar-refractivity contribution in [3.05, 3.63) is 36.0 Å². The van der Waals surface area contributed by atoms with Crippen molar-refractivity contribution in [1.82, 2.24) is 15.0 Å². The summed E-state index contributed by atoms with van der Waals surface area (Å²) >= 11 is 5.82. The van der Waals surface area contributed by atoms with Crippen LogP contribution in [-0.4, -0.2) is 22.1 Å². The van der Waals surface area contributed by atoms with Gasteiger partial charge in [-0.15, -0.1) is 0 Å². The fourth-order valence-electron chi connectivity index (χ4n) is 1.10. The minimum atomic E-state index is 0.205. The molecule has 5 nitrogen and oxygen atoms in total. The van der Waals surface area contributed by atoms with Gasteiger partial charge >= 0.3 is 0 Å². The van der Waals surface area contributed by atoms with Gasteiger partial charge in [-0.25, -0.2) is 4.98 Å². The molecule has 2 heterocycles. The number of nitrogens with zero attached hydrogens (tertiary/aromatic N) is 3. The van der Waals surface area contributed by atoms with Gasteiger partial charge in [-0.05, 0) is 12.1 Å². The van der Waals surface area contributed by atoms with E-state index >= 15 is 0 Å². The molecule has 0 aliphatic carbocycles. The maximum Gasteiger partial charge on any atom is 0.267 e. The smallest absolute Gasteiger partial charge is 0.267 e. The summed E-state index contributed by atoms with van der Waals surface area (Å²) in [5, 5.41) is 0.205. The van der Waals surface area contributed by atoms with Gasteiger partial charge in [0.25, 0.3) is 5.88 Å². The van der Waals surface area contributed by atoms with E-state index in [0.717, 1.165) is 0 Å². The first-order chi connectivity index (χ1) is 7.81.